The monoisotopic (exact) mass is 223 g/mol. The highest BCUT2D eigenvalue weighted by Crippen LogP contribution is 2.28. The van der Waals surface area contributed by atoms with Crippen LogP contribution in [0, 0.1) is 0 Å². The SMILES string of the molecule is CCc1occc1C(=O)N(CCO)C1CC1. The molecule has 4 nitrogen and oxygen atoms in total. The topological polar surface area (TPSA) is 53.7 Å². The van der Waals surface area contributed by atoms with Crippen LogP contribution in [-0.4, -0.2) is 35.1 Å². The molecule has 1 amide bonds. The van der Waals surface area contributed by atoms with E-state index in [-0.39, 0.29) is 12.5 Å². The molecule has 0 atom stereocenters. The molecule has 0 saturated heterocycles. The third-order valence-electron chi connectivity index (χ3n) is 2.89. The molecule has 88 valence electrons. The van der Waals surface area contributed by atoms with Gasteiger partial charge in [-0.3, -0.25) is 4.79 Å². The van der Waals surface area contributed by atoms with Gasteiger partial charge in [-0.05, 0) is 18.9 Å². The molecule has 0 aromatic carbocycles. The van der Waals surface area contributed by atoms with Crippen molar-refractivity contribution in [3.63, 3.8) is 0 Å². The third-order valence-corrected chi connectivity index (χ3v) is 2.89. The van der Waals surface area contributed by atoms with Crippen molar-refractivity contribution in [3.8, 4) is 0 Å². The van der Waals surface area contributed by atoms with Gasteiger partial charge in [0.1, 0.15) is 5.76 Å². The molecule has 1 aromatic heterocycles. The van der Waals surface area contributed by atoms with Gasteiger partial charge in [-0.15, -0.1) is 0 Å². The molecule has 1 aliphatic rings. The van der Waals surface area contributed by atoms with E-state index in [0.29, 0.717) is 24.6 Å². The minimum Gasteiger partial charge on any atom is -0.469 e. The summed E-state index contributed by atoms with van der Waals surface area (Å²) in [5, 5.41) is 8.97. The summed E-state index contributed by atoms with van der Waals surface area (Å²) >= 11 is 0. The molecule has 1 N–H and O–H groups in total. The van der Waals surface area contributed by atoms with E-state index >= 15 is 0 Å². The van der Waals surface area contributed by atoms with E-state index in [0.717, 1.165) is 18.6 Å². The van der Waals surface area contributed by atoms with Gasteiger partial charge in [0.25, 0.3) is 5.91 Å². The summed E-state index contributed by atoms with van der Waals surface area (Å²) < 4.78 is 5.25. The van der Waals surface area contributed by atoms with Crippen molar-refractivity contribution in [3.05, 3.63) is 23.7 Å². The zero-order valence-electron chi connectivity index (χ0n) is 9.48. The van der Waals surface area contributed by atoms with Crippen molar-refractivity contribution in [2.75, 3.05) is 13.2 Å². The molecule has 1 aromatic rings. The number of amides is 1. The van der Waals surface area contributed by atoms with Crippen LogP contribution in [0.15, 0.2) is 16.7 Å². The maximum Gasteiger partial charge on any atom is 0.257 e. The average Bonchev–Trinajstić information content (AvgIpc) is 3.01. The lowest BCUT2D eigenvalue weighted by molar-refractivity contribution is 0.0705. The van der Waals surface area contributed by atoms with E-state index in [4.69, 9.17) is 9.52 Å². The van der Waals surface area contributed by atoms with Gasteiger partial charge in [-0.1, -0.05) is 6.92 Å². The fraction of sp³-hybridized carbons (Fsp3) is 0.583. The predicted octanol–water partition coefficient (Wildman–Crippen LogP) is 1.44. The van der Waals surface area contributed by atoms with Crippen LogP contribution < -0.4 is 0 Å². The maximum atomic E-state index is 12.2. The van der Waals surface area contributed by atoms with Crippen LogP contribution in [0.4, 0.5) is 0 Å². The highest BCUT2D eigenvalue weighted by atomic mass is 16.3. The Bertz CT molecular complexity index is 368. The number of rotatable bonds is 5. The van der Waals surface area contributed by atoms with Crippen molar-refractivity contribution < 1.29 is 14.3 Å². The lowest BCUT2D eigenvalue weighted by Gasteiger charge is -2.20. The first kappa shape index (κ1) is 11.2. The minimum absolute atomic E-state index is 0.0119. The zero-order chi connectivity index (χ0) is 11.5. The summed E-state index contributed by atoms with van der Waals surface area (Å²) in [5.41, 5.74) is 0.642. The molecule has 0 spiro atoms. The fourth-order valence-electron chi connectivity index (χ4n) is 1.90. The fourth-order valence-corrected chi connectivity index (χ4v) is 1.90. The van der Waals surface area contributed by atoms with E-state index in [9.17, 15) is 4.79 Å². The average molecular weight is 223 g/mol. The lowest BCUT2D eigenvalue weighted by Crippen LogP contribution is -2.35. The first-order valence-corrected chi connectivity index (χ1v) is 5.76. The third kappa shape index (κ3) is 2.11. The summed E-state index contributed by atoms with van der Waals surface area (Å²) in [7, 11) is 0. The second-order valence-electron chi connectivity index (χ2n) is 4.06. The molecule has 1 fully saturated rings. The van der Waals surface area contributed by atoms with E-state index in [1.165, 1.54) is 0 Å². The molecule has 2 rings (SSSR count). The highest BCUT2D eigenvalue weighted by Gasteiger charge is 2.33. The summed E-state index contributed by atoms with van der Waals surface area (Å²) in [6.07, 6.45) is 4.36. The molecule has 1 saturated carbocycles. The Balaban J connectivity index is 2.15. The molecule has 1 aliphatic carbocycles. The van der Waals surface area contributed by atoms with Crippen LogP contribution in [0.3, 0.4) is 0 Å². The molecule has 4 heteroatoms. The Morgan fingerprint density at radius 1 is 1.62 bits per heavy atom. The largest absolute Gasteiger partial charge is 0.469 e. The standard InChI is InChI=1S/C12H17NO3/c1-2-11-10(5-8-16-11)12(15)13(6-7-14)9-3-4-9/h5,8-9,14H,2-4,6-7H2,1H3. The molecular weight excluding hydrogens is 206 g/mol. The summed E-state index contributed by atoms with van der Waals surface area (Å²) in [4.78, 5) is 14.0. The summed E-state index contributed by atoms with van der Waals surface area (Å²) in [6.45, 7) is 2.39. The number of nitrogens with zero attached hydrogens (tertiary/aromatic N) is 1. The number of aliphatic hydroxyl groups excluding tert-OH is 1. The Labute approximate surface area is 94.9 Å². The molecule has 0 aliphatic heterocycles. The van der Waals surface area contributed by atoms with E-state index in [2.05, 4.69) is 0 Å². The van der Waals surface area contributed by atoms with Gasteiger partial charge in [0, 0.05) is 19.0 Å². The van der Waals surface area contributed by atoms with Crippen molar-refractivity contribution in [1.29, 1.82) is 0 Å². The predicted molar refractivity (Wildman–Crippen MR) is 59.2 cm³/mol. The van der Waals surface area contributed by atoms with Crippen LogP contribution in [0.2, 0.25) is 0 Å². The number of carbonyl (C=O) groups excluding carboxylic acids is 1. The molecule has 0 unspecified atom stereocenters. The van der Waals surface area contributed by atoms with Gasteiger partial charge >= 0.3 is 0 Å². The van der Waals surface area contributed by atoms with Crippen LogP contribution in [0.5, 0.6) is 0 Å². The van der Waals surface area contributed by atoms with Crippen molar-refractivity contribution in [1.82, 2.24) is 4.90 Å². The number of aliphatic hydroxyl groups is 1. The lowest BCUT2D eigenvalue weighted by atomic mass is 10.2. The molecule has 16 heavy (non-hydrogen) atoms. The normalized spacial score (nSPS) is 15.1. The molecule has 0 bridgehead atoms. The number of furan rings is 1. The number of aryl methyl sites for hydroxylation is 1. The van der Waals surface area contributed by atoms with E-state index < -0.39 is 0 Å². The van der Waals surface area contributed by atoms with Crippen molar-refractivity contribution in [2.24, 2.45) is 0 Å². The highest BCUT2D eigenvalue weighted by molar-refractivity contribution is 5.95. The van der Waals surface area contributed by atoms with Gasteiger partial charge < -0.3 is 14.4 Å². The Morgan fingerprint density at radius 3 is 2.94 bits per heavy atom. The van der Waals surface area contributed by atoms with Crippen molar-refractivity contribution in [2.45, 2.75) is 32.2 Å². The van der Waals surface area contributed by atoms with Crippen LogP contribution in [-0.2, 0) is 6.42 Å². The maximum absolute atomic E-state index is 12.2. The second kappa shape index (κ2) is 4.70. The Morgan fingerprint density at radius 2 is 2.38 bits per heavy atom. The van der Waals surface area contributed by atoms with Gasteiger partial charge in [0.05, 0.1) is 18.4 Å². The Kier molecular flexibility index (Phi) is 3.29. The quantitative estimate of drug-likeness (QED) is 0.821. The summed E-state index contributed by atoms with van der Waals surface area (Å²) in [6, 6.07) is 2.03. The number of hydrogen-bond donors (Lipinski definition) is 1. The van der Waals surface area contributed by atoms with Gasteiger partial charge in [0.2, 0.25) is 0 Å². The van der Waals surface area contributed by atoms with E-state index in [1.54, 1.807) is 17.2 Å². The smallest absolute Gasteiger partial charge is 0.257 e. The molecule has 0 radical (unpaired) electrons. The first-order valence-electron chi connectivity index (χ1n) is 5.76. The zero-order valence-corrected chi connectivity index (χ0v) is 9.48. The van der Waals surface area contributed by atoms with Crippen LogP contribution in [0.1, 0.15) is 35.9 Å². The van der Waals surface area contributed by atoms with Gasteiger partial charge in [-0.25, -0.2) is 0 Å². The van der Waals surface area contributed by atoms with Crippen LogP contribution >= 0.6 is 0 Å². The Hall–Kier alpha value is -1.29. The van der Waals surface area contributed by atoms with Crippen LogP contribution in [0.25, 0.3) is 0 Å². The summed E-state index contributed by atoms with van der Waals surface area (Å²) in [5.74, 6) is 0.718. The first-order chi connectivity index (χ1) is 7.77. The number of carbonyl (C=O) groups is 1. The second-order valence-corrected chi connectivity index (χ2v) is 4.06. The van der Waals surface area contributed by atoms with E-state index in [1.807, 2.05) is 6.92 Å². The number of hydrogen-bond acceptors (Lipinski definition) is 3. The van der Waals surface area contributed by atoms with Crippen molar-refractivity contribution >= 4 is 5.91 Å². The minimum atomic E-state index is -0.0119. The molecular formula is C12H17NO3. The van der Waals surface area contributed by atoms with Gasteiger partial charge in [-0.2, -0.15) is 0 Å². The van der Waals surface area contributed by atoms with Gasteiger partial charge in [0.15, 0.2) is 0 Å². The molecule has 1 heterocycles.